The number of carboxylic acids is 1. The van der Waals surface area contributed by atoms with Gasteiger partial charge in [-0.1, -0.05) is 0 Å². The predicted molar refractivity (Wildman–Crippen MR) is 50.2 cm³/mol. The van der Waals surface area contributed by atoms with Crippen LogP contribution in [0.3, 0.4) is 0 Å². The molecule has 4 heteroatoms. The second kappa shape index (κ2) is 4.58. The van der Waals surface area contributed by atoms with Gasteiger partial charge < -0.3 is 16.6 Å². The second-order valence-corrected chi connectivity index (χ2v) is 3.96. The summed E-state index contributed by atoms with van der Waals surface area (Å²) in [6.45, 7) is 0. The molecule has 0 unspecified atom stereocenters. The standard InChI is InChI=1S/C9H18N2O2/c10-7-3-1-6(2-4-7)5-8(11)9(12)13/h6-8H,1-5,10-11H2,(H,12,13)/t6?,7?,8-/m0/s1. The van der Waals surface area contributed by atoms with E-state index in [-0.39, 0.29) is 0 Å². The largest absolute Gasteiger partial charge is 0.480 e. The van der Waals surface area contributed by atoms with Gasteiger partial charge in [-0.05, 0) is 38.0 Å². The Balaban J connectivity index is 2.26. The summed E-state index contributed by atoms with van der Waals surface area (Å²) in [5, 5.41) is 8.61. The lowest BCUT2D eigenvalue weighted by atomic mass is 9.83. The molecule has 1 fully saturated rings. The molecule has 1 aliphatic rings. The van der Waals surface area contributed by atoms with Gasteiger partial charge in [-0.3, -0.25) is 4.79 Å². The Hall–Kier alpha value is -0.610. The maximum atomic E-state index is 10.5. The van der Waals surface area contributed by atoms with Crippen molar-refractivity contribution in [3.63, 3.8) is 0 Å². The second-order valence-electron chi connectivity index (χ2n) is 3.96. The molecule has 1 saturated carbocycles. The normalized spacial score (nSPS) is 31.2. The van der Waals surface area contributed by atoms with Crippen LogP contribution in [0.5, 0.6) is 0 Å². The van der Waals surface area contributed by atoms with Gasteiger partial charge in [0.05, 0.1) is 0 Å². The number of hydrogen-bond donors (Lipinski definition) is 3. The molecule has 0 bridgehead atoms. The number of nitrogens with two attached hydrogens (primary N) is 2. The lowest BCUT2D eigenvalue weighted by molar-refractivity contribution is -0.139. The van der Waals surface area contributed by atoms with Crippen LogP contribution in [0.25, 0.3) is 0 Å². The Labute approximate surface area is 78.3 Å². The summed E-state index contributed by atoms with van der Waals surface area (Å²) in [4.78, 5) is 10.5. The van der Waals surface area contributed by atoms with Crippen LogP contribution in [0.4, 0.5) is 0 Å². The maximum absolute atomic E-state index is 10.5. The van der Waals surface area contributed by atoms with Crippen LogP contribution in [-0.4, -0.2) is 23.2 Å². The molecule has 76 valence electrons. The molecular formula is C9H18N2O2. The lowest BCUT2D eigenvalue weighted by Gasteiger charge is -2.26. The summed E-state index contributed by atoms with van der Waals surface area (Å²) in [5.41, 5.74) is 11.2. The van der Waals surface area contributed by atoms with Gasteiger partial charge in [-0.25, -0.2) is 0 Å². The van der Waals surface area contributed by atoms with Crippen molar-refractivity contribution in [1.29, 1.82) is 0 Å². The van der Waals surface area contributed by atoms with Gasteiger partial charge in [0.15, 0.2) is 0 Å². The number of rotatable bonds is 3. The molecule has 5 N–H and O–H groups in total. The van der Waals surface area contributed by atoms with Gasteiger partial charge in [0, 0.05) is 6.04 Å². The highest BCUT2D eigenvalue weighted by molar-refractivity contribution is 5.73. The average molecular weight is 186 g/mol. The van der Waals surface area contributed by atoms with Gasteiger partial charge in [0.2, 0.25) is 0 Å². The van der Waals surface area contributed by atoms with Crippen molar-refractivity contribution < 1.29 is 9.90 Å². The molecule has 0 radical (unpaired) electrons. The van der Waals surface area contributed by atoms with E-state index in [0.717, 1.165) is 25.7 Å². The highest BCUT2D eigenvalue weighted by Crippen LogP contribution is 2.26. The van der Waals surface area contributed by atoms with E-state index in [1.807, 2.05) is 0 Å². The third kappa shape index (κ3) is 3.32. The van der Waals surface area contributed by atoms with Crippen molar-refractivity contribution in [3.05, 3.63) is 0 Å². The first kappa shape index (κ1) is 10.5. The average Bonchev–Trinajstić information content (AvgIpc) is 2.08. The highest BCUT2D eigenvalue weighted by atomic mass is 16.4. The minimum Gasteiger partial charge on any atom is -0.480 e. The molecule has 1 atom stereocenters. The molecule has 13 heavy (non-hydrogen) atoms. The third-order valence-electron chi connectivity index (χ3n) is 2.80. The Morgan fingerprint density at radius 3 is 2.38 bits per heavy atom. The fraction of sp³-hybridized carbons (Fsp3) is 0.889. The summed E-state index contributed by atoms with van der Waals surface area (Å²) in [6, 6.07) is -0.378. The molecule has 0 aromatic carbocycles. The highest BCUT2D eigenvalue weighted by Gasteiger charge is 2.23. The van der Waals surface area contributed by atoms with Crippen LogP contribution < -0.4 is 11.5 Å². The summed E-state index contributed by atoms with van der Waals surface area (Å²) in [7, 11) is 0. The Kier molecular flexibility index (Phi) is 3.69. The van der Waals surface area contributed by atoms with Crippen LogP contribution in [0.15, 0.2) is 0 Å². The first-order valence-corrected chi connectivity index (χ1v) is 4.83. The van der Waals surface area contributed by atoms with Crippen LogP contribution in [0, 0.1) is 5.92 Å². The molecule has 0 aliphatic heterocycles. The van der Waals surface area contributed by atoms with E-state index < -0.39 is 12.0 Å². The number of aliphatic carboxylic acids is 1. The Morgan fingerprint density at radius 2 is 1.92 bits per heavy atom. The van der Waals surface area contributed by atoms with E-state index in [0.29, 0.717) is 18.4 Å². The molecule has 0 spiro atoms. The van der Waals surface area contributed by atoms with Crippen LogP contribution >= 0.6 is 0 Å². The van der Waals surface area contributed by atoms with Crippen molar-refractivity contribution in [1.82, 2.24) is 0 Å². The summed E-state index contributed by atoms with van der Waals surface area (Å²) < 4.78 is 0. The predicted octanol–water partition coefficient (Wildman–Crippen LogP) is 0.306. The Morgan fingerprint density at radius 1 is 1.38 bits per heavy atom. The Bertz CT molecular complexity index is 176. The van der Waals surface area contributed by atoms with Crippen molar-refractivity contribution in [2.45, 2.75) is 44.2 Å². The van der Waals surface area contributed by atoms with E-state index in [2.05, 4.69) is 0 Å². The van der Waals surface area contributed by atoms with Crippen molar-refractivity contribution in [2.75, 3.05) is 0 Å². The zero-order chi connectivity index (χ0) is 9.84. The van der Waals surface area contributed by atoms with Gasteiger partial charge >= 0.3 is 5.97 Å². The van der Waals surface area contributed by atoms with Crippen LogP contribution in [0.1, 0.15) is 32.1 Å². The molecular weight excluding hydrogens is 168 g/mol. The summed E-state index contributed by atoms with van der Waals surface area (Å²) >= 11 is 0. The molecule has 0 amide bonds. The zero-order valence-electron chi connectivity index (χ0n) is 7.78. The van der Waals surface area contributed by atoms with E-state index >= 15 is 0 Å². The SMILES string of the molecule is NC1CCC(C[C@H](N)C(=O)O)CC1. The fourth-order valence-corrected chi connectivity index (χ4v) is 1.88. The van der Waals surface area contributed by atoms with Crippen molar-refractivity contribution in [3.8, 4) is 0 Å². The lowest BCUT2D eigenvalue weighted by Crippen LogP contribution is -2.35. The molecule has 0 heterocycles. The molecule has 0 aromatic rings. The molecule has 1 aliphatic carbocycles. The first-order chi connectivity index (χ1) is 6.09. The van der Waals surface area contributed by atoms with E-state index in [1.54, 1.807) is 0 Å². The molecule has 0 aromatic heterocycles. The monoisotopic (exact) mass is 186 g/mol. The molecule has 0 saturated heterocycles. The van der Waals surface area contributed by atoms with E-state index in [4.69, 9.17) is 16.6 Å². The van der Waals surface area contributed by atoms with Gasteiger partial charge in [0.25, 0.3) is 0 Å². The van der Waals surface area contributed by atoms with Gasteiger partial charge in [-0.2, -0.15) is 0 Å². The van der Waals surface area contributed by atoms with Crippen LogP contribution in [0.2, 0.25) is 0 Å². The molecule has 4 nitrogen and oxygen atoms in total. The van der Waals surface area contributed by atoms with E-state index in [1.165, 1.54) is 0 Å². The number of carboxylic acid groups (broad SMARTS) is 1. The van der Waals surface area contributed by atoms with Crippen molar-refractivity contribution in [2.24, 2.45) is 17.4 Å². The smallest absolute Gasteiger partial charge is 0.320 e. The fourth-order valence-electron chi connectivity index (χ4n) is 1.88. The maximum Gasteiger partial charge on any atom is 0.320 e. The van der Waals surface area contributed by atoms with Crippen LogP contribution in [-0.2, 0) is 4.79 Å². The quantitative estimate of drug-likeness (QED) is 0.591. The third-order valence-corrected chi connectivity index (χ3v) is 2.80. The number of carbonyl (C=O) groups is 1. The van der Waals surface area contributed by atoms with Crippen molar-refractivity contribution >= 4 is 5.97 Å². The van der Waals surface area contributed by atoms with E-state index in [9.17, 15) is 4.79 Å². The summed E-state index contributed by atoms with van der Waals surface area (Å²) in [6.07, 6.45) is 4.68. The summed E-state index contributed by atoms with van der Waals surface area (Å²) in [5.74, 6) is -0.430. The topological polar surface area (TPSA) is 89.3 Å². The van der Waals surface area contributed by atoms with Gasteiger partial charge in [0.1, 0.15) is 6.04 Å². The molecule has 1 rings (SSSR count). The van der Waals surface area contributed by atoms with Gasteiger partial charge in [-0.15, -0.1) is 0 Å². The number of hydrogen-bond acceptors (Lipinski definition) is 3. The minimum absolute atomic E-state index is 0.317. The minimum atomic E-state index is -0.894. The first-order valence-electron chi connectivity index (χ1n) is 4.83. The zero-order valence-corrected chi connectivity index (χ0v) is 7.78.